The van der Waals surface area contributed by atoms with Crippen molar-refractivity contribution >= 4 is 25.8 Å². The van der Waals surface area contributed by atoms with Gasteiger partial charge in [0.2, 0.25) is 11.8 Å². The molecule has 3 fully saturated rings. The Morgan fingerprint density at radius 1 is 1.20 bits per heavy atom. The Morgan fingerprint density at radius 2 is 1.94 bits per heavy atom. The zero-order valence-corrected chi connectivity index (χ0v) is 22.3. The molecule has 2 amide bonds. The summed E-state index contributed by atoms with van der Waals surface area (Å²) in [6.07, 6.45) is 3.40. The minimum absolute atomic E-state index is 0.00155. The maximum atomic E-state index is 13.1. The largest absolute Gasteiger partial charge is 0.432 e. The summed E-state index contributed by atoms with van der Waals surface area (Å²) in [7, 11) is -2.55. The lowest BCUT2D eigenvalue weighted by atomic mass is 9.95. The first kappa shape index (κ1) is 26.3. The minimum atomic E-state index is -2.55. The fraction of sp³-hybridized carbons (Fsp3) is 0.692. The normalized spacial score (nSPS) is 29.7. The van der Waals surface area contributed by atoms with Crippen molar-refractivity contribution in [3.63, 3.8) is 0 Å². The first-order valence-corrected chi connectivity index (χ1v) is 16.1. The van der Waals surface area contributed by atoms with E-state index in [2.05, 4.69) is 24.4 Å². The summed E-state index contributed by atoms with van der Waals surface area (Å²) in [4.78, 5) is 39.9. The summed E-state index contributed by atoms with van der Waals surface area (Å²) in [6, 6.07) is 8.10. The third-order valence-corrected chi connectivity index (χ3v) is 10.6. The molecule has 0 aromatic heterocycles. The third kappa shape index (κ3) is 5.97. The molecule has 5 atom stereocenters. The van der Waals surface area contributed by atoms with Crippen molar-refractivity contribution in [1.29, 1.82) is 0 Å². The highest BCUT2D eigenvalue weighted by atomic mass is 28.4. The Balaban J connectivity index is 1.38. The molecule has 3 heterocycles. The first-order chi connectivity index (χ1) is 16.7. The van der Waals surface area contributed by atoms with Gasteiger partial charge in [-0.3, -0.25) is 9.59 Å². The van der Waals surface area contributed by atoms with Gasteiger partial charge in [-0.15, -0.1) is 0 Å². The van der Waals surface area contributed by atoms with Crippen molar-refractivity contribution in [1.82, 2.24) is 10.2 Å². The Bertz CT molecular complexity index is 890. The SMILES string of the molecule is C[C@H]1[C@H]([Si](C)(C)O)[C@@H](CC(=O)N2CCC[C@H]2CO)O[C@H]1CCc1ccc(N2CCNCC2=O)cc1. The molecule has 3 aliphatic heterocycles. The quantitative estimate of drug-likeness (QED) is 0.469. The molecule has 1 aromatic rings. The summed E-state index contributed by atoms with van der Waals surface area (Å²) in [5.41, 5.74) is 2.11. The number of aryl methyl sites for hydroxylation is 1. The van der Waals surface area contributed by atoms with E-state index in [0.717, 1.165) is 37.9 Å². The number of hydrogen-bond donors (Lipinski definition) is 3. The molecule has 3 N–H and O–H groups in total. The second kappa shape index (κ2) is 11.1. The van der Waals surface area contributed by atoms with Crippen LogP contribution in [0.1, 0.15) is 38.2 Å². The predicted molar refractivity (Wildman–Crippen MR) is 138 cm³/mol. The Morgan fingerprint density at radius 3 is 2.60 bits per heavy atom. The summed E-state index contributed by atoms with van der Waals surface area (Å²) >= 11 is 0. The van der Waals surface area contributed by atoms with Gasteiger partial charge in [0.05, 0.1) is 37.8 Å². The lowest BCUT2D eigenvalue weighted by Gasteiger charge is -2.31. The number of carbonyl (C=O) groups is 2. The van der Waals surface area contributed by atoms with Crippen LogP contribution in [0.25, 0.3) is 0 Å². The van der Waals surface area contributed by atoms with Gasteiger partial charge in [-0.25, -0.2) is 0 Å². The number of amides is 2. The summed E-state index contributed by atoms with van der Waals surface area (Å²) in [5, 5.41) is 12.7. The van der Waals surface area contributed by atoms with Gasteiger partial charge in [-0.05, 0) is 62.4 Å². The molecule has 3 saturated heterocycles. The van der Waals surface area contributed by atoms with Crippen LogP contribution < -0.4 is 10.2 Å². The predicted octanol–water partition coefficient (Wildman–Crippen LogP) is 1.90. The fourth-order valence-corrected chi connectivity index (χ4v) is 8.89. The van der Waals surface area contributed by atoms with Crippen molar-refractivity contribution in [2.75, 3.05) is 37.7 Å². The number of aliphatic hydroxyl groups is 1. The highest BCUT2D eigenvalue weighted by Gasteiger charge is 2.50. The van der Waals surface area contributed by atoms with E-state index in [1.54, 1.807) is 4.90 Å². The van der Waals surface area contributed by atoms with Crippen LogP contribution in [0.4, 0.5) is 5.69 Å². The minimum Gasteiger partial charge on any atom is -0.432 e. The van der Waals surface area contributed by atoms with Crippen molar-refractivity contribution in [3.8, 4) is 0 Å². The van der Waals surface area contributed by atoms with E-state index in [9.17, 15) is 19.5 Å². The molecule has 9 heteroatoms. The van der Waals surface area contributed by atoms with Crippen molar-refractivity contribution < 1.29 is 24.2 Å². The Hall–Kier alpha value is -1.78. The molecular formula is C26H41N3O5Si. The number of likely N-dealkylation sites (tertiary alicyclic amines) is 1. The molecule has 0 saturated carbocycles. The van der Waals surface area contributed by atoms with E-state index in [1.807, 2.05) is 30.1 Å². The molecule has 0 radical (unpaired) electrons. The molecule has 0 aliphatic carbocycles. The number of hydrogen-bond acceptors (Lipinski definition) is 6. The maximum Gasteiger partial charge on any atom is 0.240 e. The van der Waals surface area contributed by atoms with Crippen LogP contribution in [-0.2, 0) is 20.7 Å². The molecule has 0 bridgehead atoms. The molecule has 194 valence electrons. The number of benzene rings is 1. The fourth-order valence-electron chi connectivity index (χ4n) is 6.28. The standard InChI is InChI=1S/C26H41N3O5Si/c1-18-22(11-8-19-6-9-20(10-7-19)29-14-12-27-16-25(29)32)34-23(26(18)35(2,3)33)15-24(31)28-13-4-5-21(28)17-30/h6-7,9-10,18,21-23,26-27,30,33H,4-5,8,11-17H2,1-3H3/t18-,21+,22+,23-,26+/m1/s1. The molecule has 0 unspecified atom stereocenters. The zero-order chi connectivity index (χ0) is 25.2. The van der Waals surface area contributed by atoms with Crippen LogP contribution in [0.2, 0.25) is 18.6 Å². The number of anilines is 1. The van der Waals surface area contributed by atoms with E-state index in [1.165, 1.54) is 5.56 Å². The Kier molecular flexibility index (Phi) is 8.33. The Labute approximate surface area is 209 Å². The van der Waals surface area contributed by atoms with E-state index in [0.29, 0.717) is 19.6 Å². The highest BCUT2D eigenvalue weighted by molar-refractivity contribution is 6.71. The van der Waals surface area contributed by atoms with Crippen LogP contribution in [0.15, 0.2) is 24.3 Å². The van der Waals surface area contributed by atoms with E-state index in [-0.39, 0.29) is 54.6 Å². The molecule has 35 heavy (non-hydrogen) atoms. The van der Waals surface area contributed by atoms with E-state index >= 15 is 0 Å². The van der Waals surface area contributed by atoms with Crippen LogP contribution in [0, 0.1) is 5.92 Å². The third-order valence-electron chi connectivity index (χ3n) is 8.06. The number of nitrogens with one attached hydrogen (secondary N) is 1. The summed E-state index contributed by atoms with van der Waals surface area (Å²) in [5.74, 6) is 0.295. The van der Waals surface area contributed by atoms with Gasteiger partial charge in [0.15, 0.2) is 8.32 Å². The smallest absolute Gasteiger partial charge is 0.240 e. The van der Waals surface area contributed by atoms with Crippen molar-refractivity contribution in [2.24, 2.45) is 5.92 Å². The van der Waals surface area contributed by atoms with Gasteiger partial charge in [0.1, 0.15) is 0 Å². The van der Waals surface area contributed by atoms with E-state index < -0.39 is 8.32 Å². The van der Waals surface area contributed by atoms with Gasteiger partial charge in [-0.1, -0.05) is 19.1 Å². The summed E-state index contributed by atoms with van der Waals surface area (Å²) in [6.45, 7) is 8.60. The number of nitrogens with zero attached hydrogens (tertiary/aromatic N) is 2. The zero-order valence-electron chi connectivity index (χ0n) is 21.3. The van der Waals surface area contributed by atoms with Gasteiger partial charge < -0.3 is 29.8 Å². The van der Waals surface area contributed by atoms with E-state index in [4.69, 9.17) is 4.74 Å². The lowest BCUT2D eigenvalue weighted by molar-refractivity contribution is -0.135. The van der Waals surface area contributed by atoms with Gasteiger partial charge >= 0.3 is 0 Å². The summed E-state index contributed by atoms with van der Waals surface area (Å²) < 4.78 is 6.47. The average molecular weight is 504 g/mol. The molecule has 0 spiro atoms. The van der Waals surface area contributed by atoms with Crippen molar-refractivity contribution in [3.05, 3.63) is 29.8 Å². The van der Waals surface area contributed by atoms with Gasteiger partial charge in [0.25, 0.3) is 0 Å². The molecular weight excluding hydrogens is 462 g/mol. The van der Waals surface area contributed by atoms with Crippen LogP contribution in [0.5, 0.6) is 0 Å². The second-order valence-electron chi connectivity index (χ2n) is 10.9. The van der Waals surface area contributed by atoms with Crippen molar-refractivity contribution in [2.45, 2.75) is 75.9 Å². The topological polar surface area (TPSA) is 102 Å². The number of carbonyl (C=O) groups excluding carboxylic acids is 2. The van der Waals surface area contributed by atoms with Gasteiger partial charge in [0, 0.05) is 30.9 Å². The number of aliphatic hydroxyl groups excluding tert-OH is 1. The van der Waals surface area contributed by atoms with Crippen LogP contribution >= 0.6 is 0 Å². The number of rotatable bonds is 8. The highest BCUT2D eigenvalue weighted by Crippen LogP contribution is 2.45. The molecule has 8 nitrogen and oxygen atoms in total. The molecule has 4 rings (SSSR count). The second-order valence-corrected chi connectivity index (χ2v) is 14.9. The number of piperazine rings is 1. The van der Waals surface area contributed by atoms with Gasteiger partial charge in [-0.2, -0.15) is 0 Å². The maximum absolute atomic E-state index is 13.1. The van der Waals surface area contributed by atoms with Crippen LogP contribution in [0.3, 0.4) is 0 Å². The van der Waals surface area contributed by atoms with Crippen LogP contribution in [-0.4, -0.2) is 86.0 Å². The average Bonchev–Trinajstić information content (AvgIpc) is 3.42. The molecule has 3 aliphatic rings. The monoisotopic (exact) mass is 503 g/mol. The lowest BCUT2D eigenvalue weighted by Crippen LogP contribution is -2.48. The first-order valence-electron chi connectivity index (χ1n) is 13.1. The number of ether oxygens (including phenoxy) is 1. The molecule has 1 aromatic carbocycles.